The predicted molar refractivity (Wildman–Crippen MR) is 85.8 cm³/mol. The summed E-state index contributed by atoms with van der Waals surface area (Å²) in [5, 5.41) is 8.64. The van der Waals surface area contributed by atoms with Gasteiger partial charge in [-0.15, -0.1) is 0 Å². The molecule has 0 atom stereocenters. The Morgan fingerprint density at radius 3 is 2.36 bits per heavy atom. The van der Waals surface area contributed by atoms with Crippen LogP contribution in [0.5, 0.6) is 0 Å². The van der Waals surface area contributed by atoms with Crippen LogP contribution in [0.2, 0.25) is 5.02 Å². The van der Waals surface area contributed by atoms with E-state index in [1.807, 2.05) is 0 Å². The Balaban J connectivity index is 2.52. The molecule has 0 saturated heterocycles. The highest BCUT2D eigenvalue weighted by molar-refractivity contribution is 6.32. The third kappa shape index (κ3) is 2.70. The maximum atomic E-state index is 13.7. The third-order valence-corrected chi connectivity index (χ3v) is 3.90. The largest absolute Gasteiger partial charge is 0.477 e. The molecular formula is C16H8ClF3N2O3. The van der Waals surface area contributed by atoms with Crippen molar-refractivity contribution < 1.29 is 23.1 Å². The van der Waals surface area contributed by atoms with Gasteiger partial charge >= 0.3 is 5.97 Å². The molecule has 0 radical (unpaired) electrons. The van der Waals surface area contributed by atoms with Crippen molar-refractivity contribution in [3.8, 4) is 5.69 Å². The Kier molecular flexibility index (Phi) is 3.92. The molecule has 0 unspecified atom stereocenters. The quantitative estimate of drug-likeness (QED) is 0.679. The zero-order valence-electron chi connectivity index (χ0n) is 12.2. The van der Waals surface area contributed by atoms with Gasteiger partial charge in [-0.05, 0) is 18.2 Å². The summed E-state index contributed by atoms with van der Waals surface area (Å²) in [6, 6.07) is 3.29. The molecule has 0 saturated carbocycles. The van der Waals surface area contributed by atoms with Crippen LogP contribution in [0, 0.1) is 17.5 Å². The number of carboxylic acid groups (broad SMARTS) is 1. The van der Waals surface area contributed by atoms with Crippen molar-refractivity contribution in [2.24, 2.45) is 0 Å². The van der Waals surface area contributed by atoms with Crippen LogP contribution >= 0.6 is 11.6 Å². The molecule has 3 aromatic rings. The molecule has 25 heavy (non-hydrogen) atoms. The van der Waals surface area contributed by atoms with Gasteiger partial charge in [-0.2, -0.15) is 0 Å². The first-order valence-corrected chi connectivity index (χ1v) is 7.11. The lowest BCUT2D eigenvalue weighted by Gasteiger charge is -2.15. The van der Waals surface area contributed by atoms with Gasteiger partial charge in [0.25, 0.3) is 0 Å². The van der Waals surface area contributed by atoms with E-state index < -0.39 is 34.4 Å². The van der Waals surface area contributed by atoms with Crippen LogP contribution in [0.15, 0.2) is 35.3 Å². The summed E-state index contributed by atoms with van der Waals surface area (Å²) in [5.74, 6) is -4.95. The van der Waals surface area contributed by atoms with E-state index in [-0.39, 0.29) is 27.3 Å². The minimum atomic E-state index is -1.57. The van der Waals surface area contributed by atoms with E-state index in [0.29, 0.717) is 12.1 Å². The molecule has 1 heterocycles. The van der Waals surface area contributed by atoms with E-state index in [2.05, 4.69) is 0 Å². The number of pyridine rings is 1. The molecule has 0 aliphatic heterocycles. The topological polar surface area (TPSA) is 85.3 Å². The van der Waals surface area contributed by atoms with Gasteiger partial charge in [0.1, 0.15) is 11.4 Å². The Morgan fingerprint density at radius 2 is 1.72 bits per heavy atom. The first-order chi connectivity index (χ1) is 11.7. The molecule has 1 aromatic heterocycles. The van der Waals surface area contributed by atoms with E-state index in [4.69, 9.17) is 17.3 Å². The molecule has 128 valence electrons. The average Bonchev–Trinajstić information content (AvgIpc) is 2.53. The first-order valence-electron chi connectivity index (χ1n) is 6.73. The summed E-state index contributed by atoms with van der Waals surface area (Å²) in [4.78, 5) is 23.5. The summed E-state index contributed by atoms with van der Waals surface area (Å²) < 4.78 is 41.7. The smallest absolute Gasteiger partial charge is 0.341 e. The number of nitrogens with two attached hydrogens (primary N) is 1. The fraction of sp³-hybridized carbons (Fsp3) is 0. The number of benzene rings is 2. The van der Waals surface area contributed by atoms with Crippen molar-refractivity contribution in [1.82, 2.24) is 4.57 Å². The molecule has 2 aromatic carbocycles. The molecule has 0 aliphatic rings. The summed E-state index contributed by atoms with van der Waals surface area (Å²) in [6.07, 6.45) is 0.892. The molecule has 0 aliphatic carbocycles. The minimum Gasteiger partial charge on any atom is -0.477 e. The highest BCUT2D eigenvalue weighted by Gasteiger charge is 2.19. The van der Waals surface area contributed by atoms with Crippen LogP contribution in [0.4, 0.5) is 18.9 Å². The predicted octanol–water partition coefficient (Wildman–Crippen LogP) is 3.34. The van der Waals surface area contributed by atoms with Crippen LogP contribution in [-0.4, -0.2) is 15.6 Å². The lowest BCUT2D eigenvalue weighted by Crippen LogP contribution is -2.19. The minimum absolute atomic E-state index is 0.000857. The number of carboxylic acids is 1. The molecule has 0 fully saturated rings. The van der Waals surface area contributed by atoms with Gasteiger partial charge in [0.15, 0.2) is 11.6 Å². The Morgan fingerprint density at radius 1 is 1.08 bits per heavy atom. The maximum Gasteiger partial charge on any atom is 0.341 e. The molecule has 3 rings (SSSR count). The number of hydrogen-bond donors (Lipinski definition) is 2. The molecule has 5 nitrogen and oxygen atoms in total. The second-order valence-corrected chi connectivity index (χ2v) is 5.56. The third-order valence-electron chi connectivity index (χ3n) is 3.60. The Hall–Kier alpha value is -3.00. The number of nitrogen functional groups attached to an aromatic ring is 1. The SMILES string of the molecule is Nc1cc(-n2cc(C(=O)O)c(=O)c3cc(F)c(F)cc32)c(Cl)cc1F. The number of hydrogen-bond acceptors (Lipinski definition) is 3. The number of anilines is 1. The van der Waals surface area contributed by atoms with Crippen molar-refractivity contribution in [3.05, 3.63) is 68.7 Å². The highest BCUT2D eigenvalue weighted by Crippen LogP contribution is 2.29. The van der Waals surface area contributed by atoms with Crippen molar-refractivity contribution >= 4 is 34.2 Å². The zero-order valence-corrected chi connectivity index (χ0v) is 12.9. The van der Waals surface area contributed by atoms with Gasteiger partial charge < -0.3 is 15.4 Å². The first kappa shape index (κ1) is 16.8. The molecule has 3 N–H and O–H groups in total. The number of fused-ring (bicyclic) bond motifs is 1. The second kappa shape index (κ2) is 5.82. The molecule has 9 heteroatoms. The van der Waals surface area contributed by atoms with E-state index in [0.717, 1.165) is 22.9 Å². The van der Waals surface area contributed by atoms with Crippen LogP contribution in [-0.2, 0) is 0 Å². The van der Waals surface area contributed by atoms with Gasteiger partial charge in [0.2, 0.25) is 5.43 Å². The number of aromatic carboxylic acids is 1. The van der Waals surface area contributed by atoms with Crippen LogP contribution in [0.3, 0.4) is 0 Å². The number of aromatic nitrogens is 1. The van der Waals surface area contributed by atoms with Crippen molar-refractivity contribution in [1.29, 1.82) is 0 Å². The highest BCUT2D eigenvalue weighted by atomic mass is 35.5. The van der Waals surface area contributed by atoms with Gasteiger partial charge in [-0.3, -0.25) is 4.79 Å². The fourth-order valence-electron chi connectivity index (χ4n) is 2.41. The number of halogens is 4. The number of carbonyl (C=O) groups is 1. The second-order valence-electron chi connectivity index (χ2n) is 5.16. The molecule has 0 amide bonds. The fourth-order valence-corrected chi connectivity index (χ4v) is 2.65. The Bertz CT molecular complexity index is 1110. The van der Waals surface area contributed by atoms with Crippen molar-refractivity contribution in [2.75, 3.05) is 5.73 Å². The monoisotopic (exact) mass is 368 g/mol. The summed E-state index contributed by atoms with van der Waals surface area (Å²) in [6.45, 7) is 0. The lowest BCUT2D eigenvalue weighted by atomic mass is 10.1. The van der Waals surface area contributed by atoms with E-state index in [1.54, 1.807) is 0 Å². The van der Waals surface area contributed by atoms with Gasteiger partial charge in [0, 0.05) is 12.3 Å². The normalized spacial score (nSPS) is 11.0. The lowest BCUT2D eigenvalue weighted by molar-refractivity contribution is 0.0695. The van der Waals surface area contributed by atoms with Gasteiger partial charge in [0.05, 0.1) is 27.3 Å². The zero-order chi connectivity index (χ0) is 18.5. The van der Waals surface area contributed by atoms with Crippen molar-refractivity contribution in [2.45, 2.75) is 0 Å². The summed E-state index contributed by atoms with van der Waals surface area (Å²) in [7, 11) is 0. The Labute approximate surface area is 142 Å². The number of nitrogens with zero attached hydrogens (tertiary/aromatic N) is 1. The van der Waals surface area contributed by atoms with Crippen LogP contribution in [0.1, 0.15) is 10.4 Å². The molecular weight excluding hydrogens is 361 g/mol. The van der Waals surface area contributed by atoms with E-state index in [9.17, 15) is 27.9 Å². The maximum absolute atomic E-state index is 13.7. The van der Waals surface area contributed by atoms with E-state index >= 15 is 0 Å². The van der Waals surface area contributed by atoms with Crippen LogP contribution in [0.25, 0.3) is 16.6 Å². The van der Waals surface area contributed by atoms with Gasteiger partial charge in [-0.1, -0.05) is 11.6 Å². The number of rotatable bonds is 2. The standard InChI is InChI=1S/C16H8ClF3N2O3/c17-8-2-11(20)12(21)4-14(8)22-5-7(16(24)25)15(23)6-1-9(18)10(19)3-13(6)22/h1-5H,21H2,(H,24,25). The van der Waals surface area contributed by atoms with E-state index in [1.165, 1.54) is 0 Å². The molecule has 0 spiro atoms. The molecule has 0 bridgehead atoms. The summed E-state index contributed by atoms with van der Waals surface area (Å²) >= 11 is 5.97. The van der Waals surface area contributed by atoms with Crippen LogP contribution < -0.4 is 11.2 Å². The van der Waals surface area contributed by atoms with Crippen molar-refractivity contribution in [3.63, 3.8) is 0 Å². The summed E-state index contributed by atoms with van der Waals surface area (Å²) in [5.41, 5.74) is 3.35. The average molecular weight is 369 g/mol. The van der Waals surface area contributed by atoms with Gasteiger partial charge in [-0.25, -0.2) is 18.0 Å².